The third-order valence-corrected chi connectivity index (χ3v) is 6.27. The summed E-state index contributed by atoms with van der Waals surface area (Å²) in [6.45, 7) is 11.7. The highest BCUT2D eigenvalue weighted by molar-refractivity contribution is 7.17. The van der Waals surface area contributed by atoms with Gasteiger partial charge in [0.1, 0.15) is 9.88 Å². The predicted molar refractivity (Wildman–Crippen MR) is 109 cm³/mol. The Kier molecular flexibility index (Phi) is 6.09. The number of rotatable bonds is 5. The maximum atomic E-state index is 12.8. The van der Waals surface area contributed by atoms with E-state index in [2.05, 4.69) is 54.2 Å². The Morgan fingerprint density at radius 1 is 1.27 bits per heavy atom. The summed E-state index contributed by atoms with van der Waals surface area (Å²) in [5.41, 5.74) is 4.39. The highest BCUT2D eigenvalue weighted by Crippen LogP contribution is 2.30. The highest BCUT2D eigenvalue weighted by atomic mass is 32.1. The lowest BCUT2D eigenvalue weighted by Gasteiger charge is -2.31. The van der Waals surface area contributed by atoms with Crippen molar-refractivity contribution in [1.82, 2.24) is 15.2 Å². The van der Waals surface area contributed by atoms with Gasteiger partial charge in [0, 0.05) is 24.7 Å². The van der Waals surface area contributed by atoms with Gasteiger partial charge in [-0.25, -0.2) is 4.98 Å². The SMILES string of the molecule is CCCN1CCC(NC(=O)c2sc(-c3ccc(C)cc3C)nc2C)CC1. The van der Waals surface area contributed by atoms with E-state index in [1.807, 2.05) is 6.92 Å². The molecule has 1 aliphatic rings. The average Bonchev–Trinajstić information content (AvgIpc) is 2.98. The molecule has 0 spiro atoms. The van der Waals surface area contributed by atoms with Crippen LogP contribution < -0.4 is 5.32 Å². The van der Waals surface area contributed by atoms with E-state index in [0.717, 1.165) is 53.6 Å². The van der Waals surface area contributed by atoms with Gasteiger partial charge in [-0.2, -0.15) is 0 Å². The summed E-state index contributed by atoms with van der Waals surface area (Å²) in [5, 5.41) is 4.17. The predicted octanol–water partition coefficient (Wildman–Crippen LogP) is 4.34. The van der Waals surface area contributed by atoms with Crippen molar-refractivity contribution in [2.75, 3.05) is 19.6 Å². The molecule has 1 amide bonds. The second kappa shape index (κ2) is 8.31. The minimum Gasteiger partial charge on any atom is -0.348 e. The molecule has 0 atom stereocenters. The number of aromatic nitrogens is 1. The zero-order valence-corrected chi connectivity index (χ0v) is 17.1. The first-order valence-corrected chi connectivity index (χ1v) is 10.4. The first kappa shape index (κ1) is 19.1. The maximum Gasteiger partial charge on any atom is 0.263 e. The number of thiazole rings is 1. The fourth-order valence-electron chi connectivity index (χ4n) is 3.64. The maximum absolute atomic E-state index is 12.8. The van der Waals surface area contributed by atoms with Crippen molar-refractivity contribution in [3.63, 3.8) is 0 Å². The van der Waals surface area contributed by atoms with Gasteiger partial charge in [0.05, 0.1) is 5.69 Å². The van der Waals surface area contributed by atoms with Gasteiger partial charge in [-0.05, 0) is 52.1 Å². The number of carbonyl (C=O) groups excluding carboxylic acids is 1. The summed E-state index contributed by atoms with van der Waals surface area (Å²) < 4.78 is 0. The fourth-order valence-corrected chi connectivity index (χ4v) is 4.70. The number of carbonyl (C=O) groups is 1. The Morgan fingerprint density at radius 3 is 2.65 bits per heavy atom. The van der Waals surface area contributed by atoms with E-state index < -0.39 is 0 Å². The quantitative estimate of drug-likeness (QED) is 0.850. The minimum absolute atomic E-state index is 0.0324. The molecule has 0 radical (unpaired) electrons. The van der Waals surface area contributed by atoms with E-state index in [-0.39, 0.29) is 11.9 Å². The molecule has 4 nitrogen and oxygen atoms in total. The summed E-state index contributed by atoms with van der Waals surface area (Å²) in [4.78, 5) is 20.7. The molecule has 2 aromatic rings. The van der Waals surface area contributed by atoms with Crippen LogP contribution in [0.4, 0.5) is 0 Å². The Balaban J connectivity index is 1.68. The number of piperidine rings is 1. The summed E-state index contributed by atoms with van der Waals surface area (Å²) in [7, 11) is 0. The molecule has 1 aliphatic heterocycles. The Bertz CT molecular complexity index is 776. The Morgan fingerprint density at radius 2 is 2.00 bits per heavy atom. The molecule has 0 bridgehead atoms. The molecule has 1 aromatic heterocycles. The highest BCUT2D eigenvalue weighted by Gasteiger charge is 2.23. The zero-order valence-electron chi connectivity index (χ0n) is 16.3. The minimum atomic E-state index is 0.0324. The van der Waals surface area contributed by atoms with Crippen LogP contribution in [0.1, 0.15) is 52.7 Å². The second-order valence-electron chi connectivity index (χ2n) is 7.34. The monoisotopic (exact) mass is 371 g/mol. The fraction of sp³-hybridized carbons (Fsp3) is 0.524. The van der Waals surface area contributed by atoms with Crippen LogP contribution in [0, 0.1) is 20.8 Å². The lowest BCUT2D eigenvalue weighted by molar-refractivity contribution is 0.0914. The molecule has 0 unspecified atom stereocenters. The van der Waals surface area contributed by atoms with E-state index in [1.165, 1.54) is 28.9 Å². The lowest BCUT2D eigenvalue weighted by atomic mass is 10.0. The number of nitrogens with zero attached hydrogens (tertiary/aromatic N) is 2. The number of hydrogen-bond acceptors (Lipinski definition) is 4. The molecule has 140 valence electrons. The number of amides is 1. The molecule has 1 fully saturated rings. The van der Waals surface area contributed by atoms with Crippen LogP contribution in [-0.4, -0.2) is 41.5 Å². The Hall–Kier alpha value is -1.72. The van der Waals surface area contributed by atoms with Gasteiger partial charge in [0.15, 0.2) is 0 Å². The smallest absolute Gasteiger partial charge is 0.263 e. The van der Waals surface area contributed by atoms with Crippen molar-refractivity contribution in [2.24, 2.45) is 0 Å². The molecular weight excluding hydrogens is 342 g/mol. The molecule has 26 heavy (non-hydrogen) atoms. The van der Waals surface area contributed by atoms with Gasteiger partial charge in [-0.3, -0.25) is 4.79 Å². The molecular formula is C21H29N3OS. The first-order chi connectivity index (χ1) is 12.5. The molecule has 1 aromatic carbocycles. The number of nitrogens with one attached hydrogen (secondary N) is 1. The summed E-state index contributed by atoms with van der Waals surface area (Å²) >= 11 is 1.50. The van der Waals surface area contributed by atoms with Crippen LogP contribution in [-0.2, 0) is 0 Å². The van der Waals surface area contributed by atoms with Crippen molar-refractivity contribution in [1.29, 1.82) is 0 Å². The largest absolute Gasteiger partial charge is 0.348 e. The van der Waals surface area contributed by atoms with Crippen LogP contribution in [0.5, 0.6) is 0 Å². The van der Waals surface area contributed by atoms with Gasteiger partial charge in [0.2, 0.25) is 0 Å². The van der Waals surface area contributed by atoms with Crippen LogP contribution in [0.15, 0.2) is 18.2 Å². The molecule has 5 heteroatoms. The molecule has 0 saturated carbocycles. The van der Waals surface area contributed by atoms with Gasteiger partial charge in [-0.15, -0.1) is 11.3 Å². The topological polar surface area (TPSA) is 45.2 Å². The van der Waals surface area contributed by atoms with Crippen molar-refractivity contribution >= 4 is 17.2 Å². The van der Waals surface area contributed by atoms with E-state index >= 15 is 0 Å². The summed E-state index contributed by atoms with van der Waals surface area (Å²) in [6.07, 6.45) is 3.26. The number of likely N-dealkylation sites (tertiary alicyclic amines) is 1. The van der Waals surface area contributed by atoms with Gasteiger partial charge in [0.25, 0.3) is 5.91 Å². The molecule has 0 aliphatic carbocycles. The van der Waals surface area contributed by atoms with Crippen LogP contribution in [0.3, 0.4) is 0 Å². The summed E-state index contributed by atoms with van der Waals surface area (Å²) in [6, 6.07) is 6.65. The van der Waals surface area contributed by atoms with Gasteiger partial charge >= 0.3 is 0 Å². The van der Waals surface area contributed by atoms with E-state index in [9.17, 15) is 4.79 Å². The molecule has 3 rings (SSSR count). The number of aryl methyl sites for hydroxylation is 3. The molecule has 1 N–H and O–H groups in total. The van der Waals surface area contributed by atoms with Crippen molar-refractivity contribution in [3.8, 4) is 10.6 Å². The van der Waals surface area contributed by atoms with E-state index in [4.69, 9.17) is 0 Å². The normalized spacial score (nSPS) is 16.0. The summed E-state index contributed by atoms with van der Waals surface area (Å²) in [5.74, 6) is 0.0324. The second-order valence-corrected chi connectivity index (χ2v) is 8.34. The Labute approximate surface area is 160 Å². The van der Waals surface area contributed by atoms with Crippen molar-refractivity contribution in [2.45, 2.75) is 53.0 Å². The lowest BCUT2D eigenvalue weighted by Crippen LogP contribution is -2.44. The average molecular weight is 372 g/mol. The van der Waals surface area contributed by atoms with Crippen molar-refractivity contribution in [3.05, 3.63) is 39.9 Å². The third kappa shape index (κ3) is 4.33. The molecule has 2 heterocycles. The first-order valence-electron chi connectivity index (χ1n) is 9.56. The standard InChI is InChI=1S/C21H29N3OS/c1-5-10-24-11-8-17(9-12-24)23-20(25)19-16(4)22-21(26-19)18-7-6-14(2)13-15(18)3/h6-7,13,17H,5,8-12H2,1-4H3,(H,23,25). The third-order valence-electron chi connectivity index (χ3n) is 5.08. The van der Waals surface area contributed by atoms with Gasteiger partial charge in [-0.1, -0.05) is 30.7 Å². The zero-order chi connectivity index (χ0) is 18.7. The van der Waals surface area contributed by atoms with Crippen LogP contribution in [0.2, 0.25) is 0 Å². The van der Waals surface area contributed by atoms with Gasteiger partial charge < -0.3 is 10.2 Å². The van der Waals surface area contributed by atoms with Crippen LogP contribution >= 0.6 is 11.3 Å². The number of hydrogen-bond donors (Lipinski definition) is 1. The molecule has 1 saturated heterocycles. The van der Waals surface area contributed by atoms with E-state index in [1.54, 1.807) is 0 Å². The van der Waals surface area contributed by atoms with E-state index in [0.29, 0.717) is 0 Å². The number of benzene rings is 1. The van der Waals surface area contributed by atoms with Crippen molar-refractivity contribution < 1.29 is 4.79 Å². The van der Waals surface area contributed by atoms with Crippen LogP contribution in [0.25, 0.3) is 10.6 Å².